The minimum absolute atomic E-state index is 0.465. The number of benzene rings is 4. The van der Waals surface area contributed by atoms with Crippen molar-refractivity contribution < 1.29 is 0 Å². The molecule has 30 heavy (non-hydrogen) atoms. The highest BCUT2D eigenvalue weighted by molar-refractivity contribution is 6.31. The summed E-state index contributed by atoms with van der Waals surface area (Å²) in [5.41, 5.74) is 4.09. The molecule has 0 aliphatic heterocycles. The molecule has 0 amide bonds. The fraction of sp³-hybridized carbons (Fsp3) is 0.0769. The first-order chi connectivity index (χ1) is 14.5. The van der Waals surface area contributed by atoms with Crippen LogP contribution in [0.15, 0.2) is 97.1 Å². The molecule has 0 radical (unpaired) electrons. The van der Waals surface area contributed by atoms with Gasteiger partial charge < -0.3 is 0 Å². The molecule has 150 valence electrons. The maximum absolute atomic E-state index is 6.22. The molecule has 0 heterocycles. The zero-order valence-corrected chi connectivity index (χ0v) is 19.0. The summed E-state index contributed by atoms with van der Waals surface area (Å²) in [7, 11) is 0. The minimum Gasteiger partial charge on any atom is -0.0843 e. The Balaban J connectivity index is 2.00. The highest BCUT2D eigenvalue weighted by Crippen LogP contribution is 2.43. The molecule has 0 unspecified atom stereocenters. The normalized spacial score (nSPS) is 11.5. The lowest BCUT2D eigenvalue weighted by molar-refractivity contribution is 0.613. The molecule has 4 aromatic carbocycles. The van der Waals surface area contributed by atoms with Crippen molar-refractivity contribution >= 4 is 46.4 Å². The lowest BCUT2D eigenvalue weighted by atomic mass is 9.66. The van der Waals surface area contributed by atoms with Gasteiger partial charge >= 0.3 is 0 Å². The fourth-order valence-electron chi connectivity index (χ4n) is 3.92. The predicted octanol–water partition coefficient (Wildman–Crippen LogP) is 8.88. The van der Waals surface area contributed by atoms with E-state index in [2.05, 4.69) is 48.5 Å². The molecule has 4 rings (SSSR count). The van der Waals surface area contributed by atoms with E-state index in [-0.39, 0.29) is 0 Å². The molecule has 4 aromatic rings. The van der Waals surface area contributed by atoms with Gasteiger partial charge in [0.2, 0.25) is 0 Å². The first kappa shape index (κ1) is 21.3. The van der Waals surface area contributed by atoms with E-state index in [0.717, 1.165) is 23.1 Å². The van der Waals surface area contributed by atoms with E-state index in [1.54, 1.807) is 0 Å². The Morgan fingerprint density at radius 1 is 0.400 bits per heavy atom. The van der Waals surface area contributed by atoms with Gasteiger partial charge in [0.15, 0.2) is 0 Å². The van der Waals surface area contributed by atoms with Crippen LogP contribution in [0.5, 0.6) is 0 Å². The smallest absolute Gasteiger partial charge is 0.0491 e. The molecule has 0 aromatic heterocycles. The average molecular weight is 472 g/mol. The van der Waals surface area contributed by atoms with Gasteiger partial charge in [0.25, 0.3) is 0 Å². The van der Waals surface area contributed by atoms with Gasteiger partial charge in [-0.15, -0.1) is 0 Å². The molecular formula is C26H18Cl4. The third-order valence-corrected chi connectivity index (χ3v) is 6.40. The van der Waals surface area contributed by atoms with Crippen molar-refractivity contribution in [2.75, 3.05) is 0 Å². The maximum Gasteiger partial charge on any atom is 0.0491 e. The summed E-state index contributed by atoms with van der Waals surface area (Å²) in [5, 5.41) is 2.82. The topological polar surface area (TPSA) is 0 Å². The third-order valence-electron chi connectivity index (χ3n) is 5.39. The van der Waals surface area contributed by atoms with Crippen molar-refractivity contribution in [2.45, 2.75) is 11.8 Å². The van der Waals surface area contributed by atoms with E-state index < -0.39 is 5.41 Å². The van der Waals surface area contributed by atoms with Crippen LogP contribution in [-0.4, -0.2) is 0 Å². The maximum atomic E-state index is 6.22. The van der Waals surface area contributed by atoms with E-state index in [0.29, 0.717) is 20.1 Å². The number of hydrogen-bond donors (Lipinski definition) is 0. The molecule has 0 fully saturated rings. The van der Waals surface area contributed by atoms with Crippen LogP contribution in [0.25, 0.3) is 0 Å². The fourth-order valence-corrected chi connectivity index (χ4v) is 4.42. The van der Waals surface area contributed by atoms with Crippen LogP contribution < -0.4 is 0 Å². The molecule has 0 atom stereocenters. The third kappa shape index (κ3) is 4.38. The van der Waals surface area contributed by atoms with Crippen LogP contribution in [0, 0.1) is 0 Å². The Bertz CT molecular complexity index is 1000. The standard InChI is InChI=1S/C26H18Cl4/c27-22-9-1-18(2-10-22)17-26(19-3-11-23(28)12-4-19,20-5-13-24(29)14-6-20)21-7-15-25(30)16-8-21/h1-16H,17H2. The van der Waals surface area contributed by atoms with Crippen molar-refractivity contribution in [3.63, 3.8) is 0 Å². The van der Waals surface area contributed by atoms with Crippen molar-refractivity contribution in [1.82, 2.24) is 0 Å². The molecule has 0 aliphatic carbocycles. The number of rotatable bonds is 5. The Kier molecular flexibility index (Phi) is 6.41. The van der Waals surface area contributed by atoms with Gasteiger partial charge in [-0.2, -0.15) is 0 Å². The van der Waals surface area contributed by atoms with Gasteiger partial charge in [-0.25, -0.2) is 0 Å². The largest absolute Gasteiger partial charge is 0.0843 e. The summed E-state index contributed by atoms with van der Waals surface area (Å²) in [6.45, 7) is 0. The minimum atomic E-state index is -0.465. The summed E-state index contributed by atoms with van der Waals surface area (Å²) in [5.74, 6) is 0. The van der Waals surface area contributed by atoms with Gasteiger partial charge in [-0.3, -0.25) is 0 Å². The molecule has 0 nitrogen and oxygen atoms in total. The first-order valence-corrected chi connectivity index (χ1v) is 11.0. The molecule has 0 spiro atoms. The van der Waals surface area contributed by atoms with Crippen LogP contribution in [0.3, 0.4) is 0 Å². The van der Waals surface area contributed by atoms with Crippen molar-refractivity contribution in [1.29, 1.82) is 0 Å². The number of hydrogen-bond acceptors (Lipinski definition) is 0. The highest BCUT2D eigenvalue weighted by atomic mass is 35.5. The summed E-state index contributed by atoms with van der Waals surface area (Å²) in [6.07, 6.45) is 0.731. The molecule has 0 aliphatic rings. The zero-order valence-electron chi connectivity index (χ0n) is 16.0. The van der Waals surface area contributed by atoms with Crippen LogP contribution >= 0.6 is 46.4 Å². The van der Waals surface area contributed by atoms with E-state index in [9.17, 15) is 0 Å². The Hall–Kier alpha value is -1.96. The second kappa shape index (κ2) is 9.04. The average Bonchev–Trinajstić information content (AvgIpc) is 2.75. The Morgan fingerprint density at radius 2 is 0.667 bits per heavy atom. The predicted molar refractivity (Wildman–Crippen MR) is 129 cm³/mol. The molecule has 0 bridgehead atoms. The van der Waals surface area contributed by atoms with Gasteiger partial charge in [0.05, 0.1) is 0 Å². The molecule has 0 saturated carbocycles. The molecule has 4 heteroatoms. The monoisotopic (exact) mass is 470 g/mol. The Morgan fingerprint density at radius 3 is 0.967 bits per heavy atom. The van der Waals surface area contributed by atoms with Crippen LogP contribution in [0.1, 0.15) is 22.3 Å². The molecule has 0 N–H and O–H groups in total. The quantitative estimate of drug-likeness (QED) is 0.255. The molecular weight excluding hydrogens is 454 g/mol. The summed E-state index contributed by atoms with van der Waals surface area (Å²) in [4.78, 5) is 0. The van der Waals surface area contributed by atoms with Crippen molar-refractivity contribution in [2.24, 2.45) is 0 Å². The molecule has 0 saturated heterocycles. The van der Waals surface area contributed by atoms with Gasteiger partial charge in [-0.1, -0.05) is 94.9 Å². The SMILES string of the molecule is Clc1ccc(CC(c2ccc(Cl)cc2)(c2ccc(Cl)cc2)c2ccc(Cl)cc2)cc1. The van der Waals surface area contributed by atoms with E-state index >= 15 is 0 Å². The van der Waals surface area contributed by atoms with Gasteiger partial charge in [-0.05, 0) is 77.2 Å². The van der Waals surface area contributed by atoms with Crippen LogP contribution in [0.4, 0.5) is 0 Å². The summed E-state index contributed by atoms with van der Waals surface area (Å²) in [6, 6.07) is 32.1. The van der Waals surface area contributed by atoms with E-state index in [1.807, 2.05) is 48.5 Å². The summed E-state index contributed by atoms with van der Waals surface area (Å²) < 4.78 is 0. The first-order valence-electron chi connectivity index (χ1n) is 9.50. The van der Waals surface area contributed by atoms with E-state index in [4.69, 9.17) is 46.4 Å². The van der Waals surface area contributed by atoms with Crippen LogP contribution in [-0.2, 0) is 11.8 Å². The van der Waals surface area contributed by atoms with Crippen molar-refractivity contribution in [3.8, 4) is 0 Å². The second-order valence-electron chi connectivity index (χ2n) is 7.23. The second-order valence-corrected chi connectivity index (χ2v) is 8.97. The van der Waals surface area contributed by atoms with Gasteiger partial charge in [0, 0.05) is 25.5 Å². The zero-order chi connectivity index (χ0) is 21.1. The van der Waals surface area contributed by atoms with Crippen LogP contribution in [0.2, 0.25) is 20.1 Å². The van der Waals surface area contributed by atoms with Gasteiger partial charge in [0.1, 0.15) is 0 Å². The van der Waals surface area contributed by atoms with Crippen molar-refractivity contribution in [3.05, 3.63) is 139 Å². The Labute approximate surface area is 197 Å². The highest BCUT2D eigenvalue weighted by Gasteiger charge is 2.36. The summed E-state index contributed by atoms with van der Waals surface area (Å²) >= 11 is 24.8. The lowest BCUT2D eigenvalue weighted by Crippen LogP contribution is -2.32. The lowest BCUT2D eigenvalue weighted by Gasteiger charge is -2.36. The number of halogens is 4. The van der Waals surface area contributed by atoms with E-state index in [1.165, 1.54) is 5.56 Å².